The minimum Gasteiger partial charge on any atom is -0.444 e. The second-order valence-corrected chi connectivity index (χ2v) is 6.17. The summed E-state index contributed by atoms with van der Waals surface area (Å²) in [5, 5.41) is 3.40. The van der Waals surface area contributed by atoms with E-state index in [2.05, 4.69) is 20.0 Å². The molecule has 0 radical (unpaired) electrons. The Hall–Kier alpha value is -3.85. The van der Waals surface area contributed by atoms with Crippen LogP contribution in [0, 0.1) is 5.82 Å². The van der Waals surface area contributed by atoms with Crippen molar-refractivity contribution in [2.45, 2.75) is 12.6 Å². The van der Waals surface area contributed by atoms with Crippen molar-refractivity contribution >= 4 is 11.8 Å². The van der Waals surface area contributed by atoms with Gasteiger partial charge in [-0.3, -0.25) is 4.90 Å². The van der Waals surface area contributed by atoms with Crippen LogP contribution in [0.1, 0.15) is 5.69 Å². The maximum absolute atomic E-state index is 14.7. The molecule has 1 fully saturated rings. The Morgan fingerprint density at radius 3 is 3.04 bits per heavy atom. The monoisotopic (exact) mass is 382 g/mol. The SMILES string of the molecule is [N-]=[N+]=NC[C@H]1CN(c2ccc(-n3cnc(Cn4ccnc4)c3)c(F)c2)C(=O)O1. The van der Waals surface area contributed by atoms with Gasteiger partial charge in [0.25, 0.3) is 0 Å². The van der Waals surface area contributed by atoms with E-state index >= 15 is 0 Å². The van der Waals surface area contributed by atoms with Gasteiger partial charge in [-0.05, 0) is 23.7 Å². The maximum atomic E-state index is 14.7. The van der Waals surface area contributed by atoms with Gasteiger partial charge in [0, 0.05) is 23.5 Å². The van der Waals surface area contributed by atoms with Gasteiger partial charge in [-0.2, -0.15) is 0 Å². The number of imidazole rings is 2. The van der Waals surface area contributed by atoms with Crippen molar-refractivity contribution in [2.75, 3.05) is 18.0 Å². The van der Waals surface area contributed by atoms with Gasteiger partial charge in [-0.1, -0.05) is 5.11 Å². The Labute approximate surface area is 158 Å². The molecule has 10 nitrogen and oxygen atoms in total. The van der Waals surface area contributed by atoms with E-state index in [1.165, 1.54) is 17.3 Å². The molecule has 0 unspecified atom stereocenters. The van der Waals surface area contributed by atoms with Gasteiger partial charge in [0.05, 0.1) is 49.4 Å². The second-order valence-electron chi connectivity index (χ2n) is 6.17. The minimum atomic E-state index is -0.601. The molecule has 28 heavy (non-hydrogen) atoms. The number of carbonyl (C=O) groups excluding carboxylic acids is 1. The standard InChI is InChI=1S/C17H15FN8O2/c18-15-5-13(26-9-14(6-22-23-19)28-17(26)27)1-2-16(15)25-8-12(21-11-25)7-24-4-3-20-10-24/h1-5,8,10-11,14H,6-7,9H2/t14-/m0/s1. The summed E-state index contributed by atoms with van der Waals surface area (Å²) in [5.41, 5.74) is 9.80. The van der Waals surface area contributed by atoms with E-state index in [0.29, 0.717) is 17.9 Å². The first-order valence-corrected chi connectivity index (χ1v) is 8.41. The lowest BCUT2D eigenvalue weighted by Crippen LogP contribution is -2.25. The number of ether oxygens (including phenoxy) is 1. The summed E-state index contributed by atoms with van der Waals surface area (Å²) in [6, 6.07) is 4.47. The topological polar surface area (TPSA) is 114 Å². The smallest absolute Gasteiger partial charge is 0.414 e. The van der Waals surface area contributed by atoms with Crippen molar-refractivity contribution in [1.82, 2.24) is 19.1 Å². The molecule has 0 aliphatic carbocycles. The molecule has 1 atom stereocenters. The molecule has 0 spiro atoms. The van der Waals surface area contributed by atoms with Gasteiger partial charge < -0.3 is 13.9 Å². The third-order valence-electron chi connectivity index (χ3n) is 4.28. The third-order valence-corrected chi connectivity index (χ3v) is 4.28. The summed E-state index contributed by atoms with van der Waals surface area (Å²) >= 11 is 0. The highest BCUT2D eigenvalue weighted by Gasteiger charge is 2.32. The van der Waals surface area contributed by atoms with E-state index in [-0.39, 0.29) is 13.1 Å². The molecule has 1 saturated heterocycles. The number of amides is 1. The first-order chi connectivity index (χ1) is 13.6. The van der Waals surface area contributed by atoms with Crippen LogP contribution in [0.2, 0.25) is 0 Å². The zero-order chi connectivity index (χ0) is 19.5. The molecule has 2 aromatic heterocycles. The molecular formula is C17H15FN8O2. The van der Waals surface area contributed by atoms with Crippen LogP contribution in [-0.2, 0) is 11.3 Å². The van der Waals surface area contributed by atoms with Gasteiger partial charge in [0.1, 0.15) is 11.9 Å². The summed E-state index contributed by atoms with van der Waals surface area (Å²) < 4.78 is 23.2. The number of carbonyl (C=O) groups is 1. The van der Waals surface area contributed by atoms with Crippen molar-refractivity contribution in [2.24, 2.45) is 5.11 Å². The molecule has 3 aromatic rings. The molecule has 1 amide bonds. The first kappa shape index (κ1) is 17.6. The van der Waals surface area contributed by atoms with Crippen LogP contribution in [-0.4, -0.2) is 44.4 Å². The van der Waals surface area contributed by atoms with Crippen LogP contribution in [0.5, 0.6) is 0 Å². The fraction of sp³-hybridized carbons (Fsp3) is 0.235. The van der Waals surface area contributed by atoms with Crippen molar-refractivity contribution < 1.29 is 13.9 Å². The number of hydrogen-bond acceptors (Lipinski definition) is 5. The molecule has 0 saturated carbocycles. The number of rotatable bonds is 6. The molecule has 0 N–H and O–H groups in total. The quantitative estimate of drug-likeness (QED) is 0.370. The van der Waals surface area contributed by atoms with Crippen molar-refractivity contribution in [3.63, 3.8) is 0 Å². The van der Waals surface area contributed by atoms with Gasteiger partial charge >= 0.3 is 6.09 Å². The van der Waals surface area contributed by atoms with Crippen molar-refractivity contribution in [1.29, 1.82) is 0 Å². The van der Waals surface area contributed by atoms with E-state index in [9.17, 15) is 9.18 Å². The number of cyclic esters (lactones) is 1. The van der Waals surface area contributed by atoms with Crippen LogP contribution in [0.3, 0.4) is 0 Å². The second kappa shape index (κ2) is 7.41. The Kier molecular flexibility index (Phi) is 4.65. The summed E-state index contributed by atoms with van der Waals surface area (Å²) in [7, 11) is 0. The number of benzene rings is 1. The van der Waals surface area contributed by atoms with Crippen molar-refractivity contribution in [3.8, 4) is 5.69 Å². The van der Waals surface area contributed by atoms with Gasteiger partial charge in [0.15, 0.2) is 0 Å². The van der Waals surface area contributed by atoms with E-state index < -0.39 is 18.0 Å². The van der Waals surface area contributed by atoms with Gasteiger partial charge in [-0.25, -0.2) is 19.2 Å². The molecule has 4 rings (SSSR count). The van der Waals surface area contributed by atoms with Crippen LogP contribution in [0.15, 0.2) is 54.6 Å². The Morgan fingerprint density at radius 1 is 1.39 bits per heavy atom. The summed E-state index contributed by atoms with van der Waals surface area (Å²) in [6.45, 7) is 0.754. The zero-order valence-corrected chi connectivity index (χ0v) is 14.6. The number of aromatic nitrogens is 4. The largest absolute Gasteiger partial charge is 0.444 e. The Bertz CT molecular complexity index is 1040. The number of hydrogen-bond donors (Lipinski definition) is 0. The predicted molar refractivity (Wildman–Crippen MR) is 96.5 cm³/mol. The van der Waals surface area contributed by atoms with Gasteiger partial charge in [0.2, 0.25) is 0 Å². The average molecular weight is 382 g/mol. The lowest BCUT2D eigenvalue weighted by atomic mass is 10.2. The highest BCUT2D eigenvalue weighted by atomic mass is 19.1. The molecule has 1 aliphatic rings. The molecule has 1 aliphatic heterocycles. The predicted octanol–water partition coefficient (Wildman–Crippen LogP) is 2.89. The normalized spacial score (nSPS) is 16.1. The lowest BCUT2D eigenvalue weighted by molar-refractivity contribution is 0.145. The van der Waals surface area contributed by atoms with E-state index in [4.69, 9.17) is 10.3 Å². The molecule has 0 bridgehead atoms. The summed E-state index contributed by atoms with van der Waals surface area (Å²) in [6.07, 6.45) is 7.29. The Morgan fingerprint density at radius 2 is 2.29 bits per heavy atom. The summed E-state index contributed by atoms with van der Waals surface area (Å²) in [4.78, 5) is 24.2. The summed E-state index contributed by atoms with van der Waals surface area (Å²) in [5.74, 6) is -0.504. The van der Waals surface area contributed by atoms with E-state index in [0.717, 1.165) is 5.69 Å². The highest BCUT2D eigenvalue weighted by Crippen LogP contribution is 2.25. The number of halogens is 1. The average Bonchev–Trinajstić information content (AvgIpc) is 3.42. The molecular weight excluding hydrogens is 367 g/mol. The van der Waals surface area contributed by atoms with Crippen LogP contribution >= 0.6 is 0 Å². The third kappa shape index (κ3) is 3.51. The fourth-order valence-corrected chi connectivity index (χ4v) is 2.97. The van der Waals surface area contributed by atoms with Crippen LogP contribution in [0.25, 0.3) is 16.1 Å². The fourth-order valence-electron chi connectivity index (χ4n) is 2.97. The highest BCUT2D eigenvalue weighted by molar-refractivity contribution is 5.89. The first-order valence-electron chi connectivity index (χ1n) is 8.41. The van der Waals surface area contributed by atoms with Crippen LogP contribution in [0.4, 0.5) is 14.9 Å². The zero-order valence-electron chi connectivity index (χ0n) is 14.6. The number of anilines is 1. The number of nitrogens with zero attached hydrogens (tertiary/aromatic N) is 8. The minimum absolute atomic E-state index is 0.0357. The number of azide groups is 1. The van der Waals surface area contributed by atoms with Gasteiger partial charge in [-0.15, -0.1) is 0 Å². The molecule has 1 aromatic carbocycles. The van der Waals surface area contributed by atoms with Crippen molar-refractivity contribution in [3.05, 3.63) is 71.4 Å². The molecule has 142 valence electrons. The maximum Gasteiger partial charge on any atom is 0.414 e. The van der Waals surface area contributed by atoms with E-state index in [1.54, 1.807) is 35.4 Å². The molecule has 3 heterocycles. The molecule has 11 heteroatoms. The van der Waals surface area contributed by atoms with Crippen LogP contribution < -0.4 is 4.90 Å². The lowest BCUT2D eigenvalue weighted by Gasteiger charge is -2.14. The van der Waals surface area contributed by atoms with E-state index in [1.807, 2.05) is 10.8 Å². The Balaban J connectivity index is 1.51.